The molecule has 0 aliphatic carbocycles. The number of hydrogen-bond acceptors (Lipinski definition) is 4. The Bertz CT molecular complexity index is 291. The monoisotopic (exact) mass is 320 g/mol. The van der Waals surface area contributed by atoms with Crippen LogP contribution in [0.5, 0.6) is 0 Å². The molecular weight excluding hydrogens is 288 g/mol. The van der Waals surface area contributed by atoms with Gasteiger partial charge < -0.3 is 20.9 Å². The molecule has 0 bridgehead atoms. The first-order chi connectivity index (χ1) is 9.49. The van der Waals surface area contributed by atoms with Gasteiger partial charge in [0.05, 0.1) is 5.54 Å². The van der Waals surface area contributed by atoms with Crippen molar-refractivity contribution in [3.05, 3.63) is 0 Å². The molecule has 0 aromatic heterocycles. The second-order valence-electron chi connectivity index (χ2n) is 6.05. The van der Waals surface area contributed by atoms with E-state index < -0.39 is 5.54 Å². The third-order valence-corrected chi connectivity index (χ3v) is 4.14. The van der Waals surface area contributed by atoms with Crippen LogP contribution in [0.1, 0.15) is 40.0 Å². The minimum atomic E-state index is -0.721. The van der Waals surface area contributed by atoms with Crippen molar-refractivity contribution in [2.45, 2.75) is 45.6 Å². The van der Waals surface area contributed by atoms with Crippen molar-refractivity contribution in [3.8, 4) is 0 Å². The molecule has 6 heteroatoms. The first kappa shape index (κ1) is 20.6. The molecule has 0 saturated carbocycles. The number of nitrogens with two attached hydrogens (primary N) is 1. The van der Waals surface area contributed by atoms with Gasteiger partial charge in [0.2, 0.25) is 5.91 Å². The fourth-order valence-corrected chi connectivity index (χ4v) is 2.67. The molecular formula is C15H33ClN4O. The summed E-state index contributed by atoms with van der Waals surface area (Å²) in [5, 5.41) is 2.97. The summed E-state index contributed by atoms with van der Waals surface area (Å²) in [7, 11) is 0. The Kier molecular flexibility index (Phi) is 10.2. The van der Waals surface area contributed by atoms with Crippen molar-refractivity contribution in [2.24, 2.45) is 5.73 Å². The number of likely N-dealkylation sites (N-methyl/N-ethyl adjacent to an activating group) is 1. The summed E-state index contributed by atoms with van der Waals surface area (Å²) in [6.07, 6.45) is 2.67. The van der Waals surface area contributed by atoms with Gasteiger partial charge in [-0.2, -0.15) is 0 Å². The van der Waals surface area contributed by atoms with Gasteiger partial charge in [0, 0.05) is 32.7 Å². The molecule has 1 heterocycles. The number of rotatable bonds is 8. The van der Waals surface area contributed by atoms with Crippen molar-refractivity contribution >= 4 is 18.3 Å². The van der Waals surface area contributed by atoms with Crippen molar-refractivity contribution in [2.75, 3.05) is 45.8 Å². The lowest BCUT2D eigenvalue weighted by molar-refractivity contribution is -0.126. The van der Waals surface area contributed by atoms with Crippen LogP contribution in [0.25, 0.3) is 0 Å². The van der Waals surface area contributed by atoms with E-state index in [0.29, 0.717) is 0 Å². The molecule has 1 unspecified atom stereocenters. The average molecular weight is 321 g/mol. The fraction of sp³-hybridized carbons (Fsp3) is 0.933. The zero-order valence-corrected chi connectivity index (χ0v) is 14.7. The predicted molar refractivity (Wildman–Crippen MR) is 90.9 cm³/mol. The highest BCUT2D eigenvalue weighted by atomic mass is 35.5. The number of carbonyl (C=O) groups is 1. The van der Waals surface area contributed by atoms with Gasteiger partial charge in [-0.15, -0.1) is 12.4 Å². The van der Waals surface area contributed by atoms with Gasteiger partial charge in [-0.1, -0.05) is 20.3 Å². The average Bonchev–Trinajstić information content (AvgIpc) is 2.44. The van der Waals surface area contributed by atoms with Crippen LogP contribution in [0.4, 0.5) is 0 Å². The predicted octanol–water partition coefficient (Wildman–Crippen LogP) is 1.07. The van der Waals surface area contributed by atoms with Crippen LogP contribution in [0.3, 0.4) is 0 Å². The van der Waals surface area contributed by atoms with Crippen molar-refractivity contribution in [1.29, 1.82) is 0 Å². The van der Waals surface area contributed by atoms with E-state index in [-0.39, 0.29) is 18.3 Å². The van der Waals surface area contributed by atoms with Gasteiger partial charge >= 0.3 is 0 Å². The van der Waals surface area contributed by atoms with E-state index in [0.717, 1.165) is 52.0 Å². The Balaban J connectivity index is 0.00000400. The molecule has 21 heavy (non-hydrogen) atoms. The zero-order chi connectivity index (χ0) is 15.0. The van der Waals surface area contributed by atoms with Gasteiger partial charge in [-0.05, 0) is 32.9 Å². The lowest BCUT2D eigenvalue weighted by Crippen LogP contribution is -2.52. The highest BCUT2D eigenvalue weighted by Gasteiger charge is 2.26. The molecule has 0 aromatic rings. The number of carbonyl (C=O) groups excluding carboxylic acids is 1. The van der Waals surface area contributed by atoms with Crippen LogP contribution in [-0.2, 0) is 4.79 Å². The number of amides is 1. The minimum absolute atomic E-state index is 0. The second-order valence-corrected chi connectivity index (χ2v) is 6.05. The summed E-state index contributed by atoms with van der Waals surface area (Å²) < 4.78 is 0. The number of piperazine rings is 1. The standard InChI is InChI=1S/C15H32N4O.ClH/c1-4-7-15(3,16)14(20)17-8-6-9-19-12-10-18(5-2)11-13-19;/h4-13,16H2,1-3H3,(H,17,20);1H. The van der Waals surface area contributed by atoms with Crippen LogP contribution < -0.4 is 11.1 Å². The number of halogens is 1. The summed E-state index contributed by atoms with van der Waals surface area (Å²) in [5.74, 6) is -0.0184. The largest absolute Gasteiger partial charge is 0.354 e. The molecule has 0 radical (unpaired) electrons. The summed E-state index contributed by atoms with van der Waals surface area (Å²) in [6, 6.07) is 0. The first-order valence-corrected chi connectivity index (χ1v) is 8.01. The third-order valence-electron chi connectivity index (χ3n) is 4.14. The SMILES string of the molecule is CCCC(C)(N)C(=O)NCCCN1CCN(CC)CC1.Cl. The summed E-state index contributed by atoms with van der Waals surface area (Å²) in [5.41, 5.74) is 5.28. The highest BCUT2D eigenvalue weighted by Crippen LogP contribution is 2.08. The quantitative estimate of drug-likeness (QED) is 0.657. The van der Waals surface area contributed by atoms with Gasteiger partial charge in [-0.25, -0.2) is 0 Å². The summed E-state index contributed by atoms with van der Waals surface area (Å²) in [6.45, 7) is 13.6. The zero-order valence-electron chi connectivity index (χ0n) is 13.9. The molecule has 1 aliphatic heterocycles. The number of hydrogen-bond donors (Lipinski definition) is 2. The second kappa shape index (κ2) is 10.4. The molecule has 1 atom stereocenters. The molecule has 3 N–H and O–H groups in total. The van der Waals surface area contributed by atoms with E-state index in [2.05, 4.69) is 22.0 Å². The highest BCUT2D eigenvalue weighted by molar-refractivity contribution is 5.85. The van der Waals surface area contributed by atoms with Crippen LogP contribution in [0, 0.1) is 0 Å². The molecule has 0 spiro atoms. The molecule has 1 rings (SSSR count). The molecule has 126 valence electrons. The van der Waals surface area contributed by atoms with Gasteiger partial charge in [0.25, 0.3) is 0 Å². The third kappa shape index (κ3) is 7.45. The maximum atomic E-state index is 11.9. The Morgan fingerprint density at radius 1 is 1.19 bits per heavy atom. The molecule has 1 fully saturated rings. The van der Waals surface area contributed by atoms with Crippen LogP contribution in [0.2, 0.25) is 0 Å². The summed E-state index contributed by atoms with van der Waals surface area (Å²) in [4.78, 5) is 16.9. The van der Waals surface area contributed by atoms with E-state index in [4.69, 9.17) is 5.73 Å². The summed E-state index contributed by atoms with van der Waals surface area (Å²) >= 11 is 0. The lowest BCUT2D eigenvalue weighted by atomic mass is 9.96. The number of nitrogens with one attached hydrogen (secondary N) is 1. The Morgan fingerprint density at radius 2 is 1.76 bits per heavy atom. The van der Waals surface area contributed by atoms with Crippen molar-refractivity contribution in [3.63, 3.8) is 0 Å². The first-order valence-electron chi connectivity index (χ1n) is 8.01. The van der Waals surface area contributed by atoms with E-state index in [9.17, 15) is 4.79 Å². The Morgan fingerprint density at radius 3 is 2.29 bits per heavy atom. The minimum Gasteiger partial charge on any atom is -0.354 e. The van der Waals surface area contributed by atoms with Crippen LogP contribution in [-0.4, -0.2) is 67.1 Å². The number of nitrogens with zero attached hydrogens (tertiary/aromatic N) is 2. The molecule has 1 saturated heterocycles. The fourth-order valence-electron chi connectivity index (χ4n) is 2.67. The topological polar surface area (TPSA) is 61.6 Å². The Hall–Kier alpha value is -0.360. The smallest absolute Gasteiger partial charge is 0.239 e. The van der Waals surface area contributed by atoms with E-state index in [1.807, 2.05) is 13.8 Å². The molecule has 0 aromatic carbocycles. The van der Waals surface area contributed by atoms with Gasteiger partial charge in [0.1, 0.15) is 0 Å². The van der Waals surface area contributed by atoms with Crippen molar-refractivity contribution in [1.82, 2.24) is 15.1 Å². The normalized spacial score (nSPS) is 19.6. The molecule has 1 amide bonds. The van der Waals surface area contributed by atoms with E-state index in [1.54, 1.807) is 0 Å². The van der Waals surface area contributed by atoms with E-state index >= 15 is 0 Å². The van der Waals surface area contributed by atoms with Gasteiger partial charge in [0.15, 0.2) is 0 Å². The van der Waals surface area contributed by atoms with Crippen molar-refractivity contribution < 1.29 is 4.79 Å². The molecule has 1 aliphatic rings. The van der Waals surface area contributed by atoms with E-state index in [1.165, 1.54) is 13.1 Å². The van der Waals surface area contributed by atoms with Crippen LogP contribution in [0.15, 0.2) is 0 Å². The van der Waals surface area contributed by atoms with Gasteiger partial charge in [-0.3, -0.25) is 4.79 Å². The maximum Gasteiger partial charge on any atom is 0.239 e. The van der Waals surface area contributed by atoms with Crippen LogP contribution >= 0.6 is 12.4 Å². The Labute approximate surface area is 136 Å². The lowest BCUT2D eigenvalue weighted by Gasteiger charge is -2.34. The molecule has 5 nitrogen and oxygen atoms in total. The maximum absolute atomic E-state index is 11.9.